The normalized spacial score (nSPS) is 13.3. The van der Waals surface area contributed by atoms with E-state index in [1.165, 1.54) is 43.8 Å². The molecule has 0 heterocycles. The zero-order valence-corrected chi connectivity index (χ0v) is 9.65. The Balaban J connectivity index is 3.16. The molecule has 0 radical (unpaired) electrons. The van der Waals surface area contributed by atoms with Crippen molar-refractivity contribution in [3.05, 3.63) is 29.8 Å². The van der Waals surface area contributed by atoms with Gasteiger partial charge in [-0.2, -0.15) is 5.26 Å². The molecule has 0 saturated carbocycles. The van der Waals surface area contributed by atoms with Gasteiger partial charge in [0.25, 0.3) is 0 Å². The van der Waals surface area contributed by atoms with Crippen molar-refractivity contribution < 1.29 is 13.7 Å². The van der Waals surface area contributed by atoms with Crippen molar-refractivity contribution in [2.75, 3.05) is 13.4 Å². The zero-order chi connectivity index (χ0) is 12.2. The summed E-state index contributed by atoms with van der Waals surface area (Å²) >= 11 is 0. The molecule has 1 rings (SSSR count). The molecule has 0 aliphatic carbocycles. The highest BCUT2D eigenvalue weighted by molar-refractivity contribution is 7.93. The second-order valence-electron chi connectivity index (χ2n) is 3.01. The number of methoxy groups -OCH3 is 1. The van der Waals surface area contributed by atoms with Gasteiger partial charge in [-0.3, -0.25) is 0 Å². The Morgan fingerprint density at radius 2 is 2.00 bits per heavy atom. The zero-order valence-electron chi connectivity index (χ0n) is 8.84. The number of nitrogens with zero attached hydrogens (tertiary/aromatic N) is 2. The van der Waals surface area contributed by atoms with Gasteiger partial charge in [0.05, 0.1) is 22.4 Å². The Labute approximate surface area is 93.8 Å². The summed E-state index contributed by atoms with van der Waals surface area (Å²) in [4.78, 5) is 11.5. The Kier molecular flexibility index (Phi) is 3.64. The van der Waals surface area contributed by atoms with E-state index in [1.807, 2.05) is 0 Å². The molecular formula is C10H10N2O3S. The largest absolute Gasteiger partial charge is 0.465 e. The predicted octanol–water partition coefficient (Wildman–Crippen LogP) is 1.41. The van der Waals surface area contributed by atoms with Crippen LogP contribution >= 0.6 is 0 Å². The molecule has 0 aliphatic rings. The summed E-state index contributed by atoms with van der Waals surface area (Å²) in [5.74, 6) is -0.466. The number of hydrogen-bond acceptors (Lipinski definition) is 5. The molecule has 1 aromatic rings. The highest BCUT2D eigenvalue weighted by atomic mass is 32.2. The first-order chi connectivity index (χ1) is 7.51. The van der Waals surface area contributed by atoms with Gasteiger partial charge in [0.2, 0.25) is 6.19 Å². The fraction of sp³-hybridized carbons (Fsp3) is 0.200. The molecule has 0 saturated heterocycles. The fourth-order valence-electron chi connectivity index (χ4n) is 1.09. The van der Waals surface area contributed by atoms with E-state index in [0.717, 1.165) is 0 Å². The Morgan fingerprint density at radius 3 is 2.44 bits per heavy atom. The summed E-state index contributed by atoms with van der Waals surface area (Å²) in [6.07, 6.45) is 2.88. The molecule has 16 heavy (non-hydrogen) atoms. The highest BCUT2D eigenvalue weighted by Gasteiger charge is 2.08. The first-order valence-electron chi connectivity index (χ1n) is 4.30. The minimum atomic E-state index is -2.70. The molecule has 5 nitrogen and oxygen atoms in total. The minimum Gasteiger partial charge on any atom is -0.465 e. The fourth-order valence-corrected chi connectivity index (χ4v) is 1.99. The van der Waals surface area contributed by atoms with Gasteiger partial charge >= 0.3 is 5.97 Å². The second kappa shape index (κ2) is 4.77. The molecule has 0 N–H and O–H groups in total. The summed E-state index contributed by atoms with van der Waals surface area (Å²) in [5.41, 5.74) is 0.360. The maximum atomic E-state index is 11.8. The van der Waals surface area contributed by atoms with E-state index >= 15 is 0 Å². The van der Waals surface area contributed by atoms with E-state index in [0.29, 0.717) is 10.5 Å². The Bertz CT molecular complexity index is 548. The third kappa shape index (κ3) is 2.58. The van der Waals surface area contributed by atoms with Crippen molar-refractivity contribution in [2.24, 2.45) is 4.36 Å². The third-order valence-electron chi connectivity index (χ3n) is 1.93. The van der Waals surface area contributed by atoms with Crippen LogP contribution in [-0.2, 0) is 14.5 Å². The number of nitriles is 1. The standard InChI is InChI=1S/C10H10N2O3S/c1-15-10(13)8-3-5-9(6-4-8)16(2,14)12-7-11/h3-6H,1-2H3. The highest BCUT2D eigenvalue weighted by Crippen LogP contribution is 2.13. The molecule has 0 fully saturated rings. The summed E-state index contributed by atoms with van der Waals surface area (Å²) < 4.78 is 19.7. The van der Waals surface area contributed by atoms with Crippen molar-refractivity contribution in [1.82, 2.24) is 0 Å². The van der Waals surface area contributed by atoms with Gasteiger partial charge in [-0.05, 0) is 24.3 Å². The summed E-state index contributed by atoms with van der Waals surface area (Å²) in [7, 11) is -1.42. The van der Waals surface area contributed by atoms with E-state index < -0.39 is 15.7 Å². The monoisotopic (exact) mass is 238 g/mol. The third-order valence-corrected chi connectivity index (χ3v) is 3.50. The van der Waals surface area contributed by atoms with Crippen molar-refractivity contribution in [3.63, 3.8) is 0 Å². The van der Waals surface area contributed by atoms with Crippen LogP contribution in [0.4, 0.5) is 0 Å². The molecule has 0 bridgehead atoms. The van der Waals surface area contributed by atoms with Crippen molar-refractivity contribution >= 4 is 15.7 Å². The average molecular weight is 238 g/mol. The van der Waals surface area contributed by atoms with E-state index in [2.05, 4.69) is 9.10 Å². The number of hydrogen-bond donors (Lipinski definition) is 0. The van der Waals surface area contributed by atoms with Crippen LogP contribution in [0.5, 0.6) is 0 Å². The number of carbonyl (C=O) groups is 1. The molecule has 1 aromatic carbocycles. The summed E-state index contributed by atoms with van der Waals surface area (Å²) in [6.45, 7) is 0. The van der Waals surface area contributed by atoms with Crippen molar-refractivity contribution in [1.29, 1.82) is 5.26 Å². The topological polar surface area (TPSA) is 79.5 Å². The minimum absolute atomic E-state index is 0.360. The lowest BCUT2D eigenvalue weighted by Crippen LogP contribution is -2.02. The first-order valence-corrected chi connectivity index (χ1v) is 6.22. The van der Waals surface area contributed by atoms with E-state index in [4.69, 9.17) is 5.26 Å². The van der Waals surface area contributed by atoms with Gasteiger partial charge in [-0.1, -0.05) is 0 Å². The van der Waals surface area contributed by atoms with Gasteiger partial charge in [-0.25, -0.2) is 9.00 Å². The molecule has 6 heteroatoms. The molecule has 0 spiro atoms. The van der Waals surface area contributed by atoms with Crippen LogP contribution in [0.3, 0.4) is 0 Å². The molecule has 0 amide bonds. The lowest BCUT2D eigenvalue weighted by molar-refractivity contribution is 0.0600. The van der Waals surface area contributed by atoms with Crippen LogP contribution < -0.4 is 0 Å². The second-order valence-corrected chi connectivity index (χ2v) is 5.27. The SMILES string of the molecule is COC(=O)c1ccc(S(C)(=O)=NC#N)cc1. The molecular weight excluding hydrogens is 228 g/mol. The van der Waals surface area contributed by atoms with Gasteiger partial charge in [0, 0.05) is 11.2 Å². The van der Waals surface area contributed by atoms with E-state index in [1.54, 1.807) is 0 Å². The average Bonchev–Trinajstić information content (AvgIpc) is 2.28. The smallest absolute Gasteiger partial charge is 0.337 e. The number of ether oxygens (including phenoxy) is 1. The van der Waals surface area contributed by atoms with E-state index in [-0.39, 0.29) is 0 Å². The maximum Gasteiger partial charge on any atom is 0.337 e. The van der Waals surface area contributed by atoms with Gasteiger partial charge < -0.3 is 4.74 Å². The molecule has 84 valence electrons. The molecule has 1 atom stereocenters. The van der Waals surface area contributed by atoms with Gasteiger partial charge in [0.1, 0.15) is 0 Å². The number of carbonyl (C=O) groups excluding carboxylic acids is 1. The van der Waals surface area contributed by atoms with Crippen LogP contribution in [0, 0.1) is 11.5 Å². The number of benzene rings is 1. The lowest BCUT2D eigenvalue weighted by Gasteiger charge is -2.03. The lowest BCUT2D eigenvalue weighted by atomic mass is 10.2. The first kappa shape index (κ1) is 12.2. The Morgan fingerprint density at radius 1 is 1.44 bits per heavy atom. The number of esters is 1. The molecule has 0 aliphatic heterocycles. The summed E-state index contributed by atoms with van der Waals surface area (Å²) in [5, 5.41) is 8.37. The van der Waals surface area contributed by atoms with Crippen LogP contribution in [-0.4, -0.2) is 23.5 Å². The quantitative estimate of drug-likeness (QED) is 0.576. The summed E-state index contributed by atoms with van der Waals surface area (Å²) in [6, 6.07) is 5.96. The van der Waals surface area contributed by atoms with Gasteiger partial charge in [0.15, 0.2) is 0 Å². The van der Waals surface area contributed by atoms with Crippen LogP contribution in [0.25, 0.3) is 0 Å². The Hall–Kier alpha value is -1.87. The predicted molar refractivity (Wildman–Crippen MR) is 58.2 cm³/mol. The van der Waals surface area contributed by atoms with E-state index in [9.17, 15) is 9.00 Å². The van der Waals surface area contributed by atoms with Crippen LogP contribution in [0.2, 0.25) is 0 Å². The molecule has 0 aromatic heterocycles. The van der Waals surface area contributed by atoms with Gasteiger partial charge in [-0.15, -0.1) is 4.36 Å². The van der Waals surface area contributed by atoms with Crippen molar-refractivity contribution in [3.8, 4) is 6.19 Å². The maximum absolute atomic E-state index is 11.8. The van der Waals surface area contributed by atoms with Crippen molar-refractivity contribution in [2.45, 2.75) is 4.90 Å². The molecule has 1 unspecified atom stereocenters. The number of rotatable bonds is 2. The van der Waals surface area contributed by atoms with Crippen LogP contribution in [0.1, 0.15) is 10.4 Å². The van der Waals surface area contributed by atoms with Crippen LogP contribution in [0.15, 0.2) is 33.5 Å².